The molecule has 0 aliphatic carbocycles. The van der Waals surface area contributed by atoms with Crippen LogP contribution >= 0.6 is 0 Å². The van der Waals surface area contributed by atoms with E-state index in [1.54, 1.807) is 6.92 Å². The molecule has 2 bridgehead atoms. The molecule has 1 unspecified atom stereocenters. The van der Waals surface area contributed by atoms with Gasteiger partial charge in [-0.05, 0) is 6.92 Å². The molecule has 1 N–H and O–H groups in total. The molecule has 3 aliphatic heterocycles. The summed E-state index contributed by atoms with van der Waals surface area (Å²) < 4.78 is 4.79. The van der Waals surface area contributed by atoms with E-state index in [1.807, 2.05) is 0 Å². The zero-order valence-corrected chi connectivity index (χ0v) is 11.6. The van der Waals surface area contributed by atoms with Crippen LogP contribution in [0.15, 0.2) is 0 Å². The fourth-order valence-electron chi connectivity index (χ4n) is 2.69. The largest absolute Gasteiger partial charge is 0.466 e. The van der Waals surface area contributed by atoms with E-state index < -0.39 is 0 Å². The van der Waals surface area contributed by atoms with Crippen LogP contribution in [-0.2, 0) is 14.3 Å². The quantitative estimate of drug-likeness (QED) is 0.655. The molecule has 1 atom stereocenters. The van der Waals surface area contributed by atoms with Crippen molar-refractivity contribution in [2.75, 3.05) is 45.9 Å². The van der Waals surface area contributed by atoms with Gasteiger partial charge in [0, 0.05) is 51.7 Å². The molecule has 0 aromatic rings. The SMILES string of the molecule is CCOC(=O)CCC(=O)NCC1CN2CCN1CC2. The molecule has 19 heavy (non-hydrogen) atoms. The number of carbonyl (C=O) groups excluding carboxylic acids is 2. The number of fused-ring (bicyclic) bond motifs is 3. The maximum atomic E-state index is 11.6. The lowest BCUT2D eigenvalue weighted by Gasteiger charge is -2.47. The molecule has 6 nitrogen and oxygen atoms in total. The second-order valence-electron chi connectivity index (χ2n) is 5.10. The van der Waals surface area contributed by atoms with E-state index >= 15 is 0 Å². The fraction of sp³-hybridized carbons (Fsp3) is 0.846. The van der Waals surface area contributed by atoms with Crippen LogP contribution in [0.4, 0.5) is 0 Å². The summed E-state index contributed by atoms with van der Waals surface area (Å²) in [6.45, 7) is 8.34. The number of nitrogens with one attached hydrogen (secondary N) is 1. The van der Waals surface area contributed by atoms with Crippen LogP contribution in [0.25, 0.3) is 0 Å². The first-order valence-corrected chi connectivity index (χ1v) is 7.07. The van der Waals surface area contributed by atoms with Gasteiger partial charge in [0.05, 0.1) is 13.0 Å². The molecule has 3 fully saturated rings. The summed E-state index contributed by atoms with van der Waals surface area (Å²) in [5, 5.41) is 2.92. The summed E-state index contributed by atoms with van der Waals surface area (Å²) in [5.74, 6) is -0.366. The van der Waals surface area contributed by atoms with Crippen LogP contribution < -0.4 is 5.32 Å². The van der Waals surface area contributed by atoms with Gasteiger partial charge in [0.1, 0.15) is 0 Å². The zero-order valence-electron chi connectivity index (χ0n) is 11.6. The van der Waals surface area contributed by atoms with Crippen LogP contribution in [0.2, 0.25) is 0 Å². The number of amides is 1. The van der Waals surface area contributed by atoms with Crippen molar-refractivity contribution in [3.63, 3.8) is 0 Å². The van der Waals surface area contributed by atoms with Gasteiger partial charge < -0.3 is 10.1 Å². The van der Waals surface area contributed by atoms with Crippen LogP contribution in [0.5, 0.6) is 0 Å². The van der Waals surface area contributed by atoms with Crippen molar-refractivity contribution in [2.24, 2.45) is 0 Å². The van der Waals surface area contributed by atoms with Crippen LogP contribution in [0, 0.1) is 0 Å². The van der Waals surface area contributed by atoms with Crippen molar-refractivity contribution < 1.29 is 14.3 Å². The maximum absolute atomic E-state index is 11.6. The average Bonchev–Trinajstić information content (AvgIpc) is 2.44. The topological polar surface area (TPSA) is 61.9 Å². The smallest absolute Gasteiger partial charge is 0.306 e. The van der Waals surface area contributed by atoms with E-state index in [1.165, 1.54) is 0 Å². The molecule has 0 aromatic heterocycles. The van der Waals surface area contributed by atoms with E-state index in [0.717, 1.165) is 32.7 Å². The molecule has 0 saturated carbocycles. The summed E-state index contributed by atoms with van der Waals surface area (Å²) in [5.41, 5.74) is 0. The van der Waals surface area contributed by atoms with Crippen molar-refractivity contribution in [3.8, 4) is 0 Å². The van der Waals surface area contributed by atoms with Crippen molar-refractivity contribution in [1.29, 1.82) is 0 Å². The Balaban J connectivity index is 1.62. The summed E-state index contributed by atoms with van der Waals surface area (Å²) in [6, 6.07) is 0.425. The number of hydrogen-bond donors (Lipinski definition) is 1. The molecular formula is C13H23N3O3. The number of hydrogen-bond acceptors (Lipinski definition) is 5. The third kappa shape index (κ3) is 4.18. The minimum atomic E-state index is -0.302. The van der Waals surface area contributed by atoms with Gasteiger partial charge >= 0.3 is 5.97 Å². The monoisotopic (exact) mass is 269 g/mol. The lowest BCUT2D eigenvalue weighted by atomic mass is 10.1. The highest BCUT2D eigenvalue weighted by molar-refractivity contribution is 5.81. The van der Waals surface area contributed by atoms with E-state index in [2.05, 4.69) is 15.1 Å². The molecule has 3 saturated heterocycles. The number of nitrogens with zero attached hydrogens (tertiary/aromatic N) is 2. The summed E-state index contributed by atoms with van der Waals surface area (Å²) >= 11 is 0. The fourth-order valence-corrected chi connectivity index (χ4v) is 2.69. The molecule has 3 heterocycles. The van der Waals surface area contributed by atoms with E-state index in [0.29, 0.717) is 19.2 Å². The lowest BCUT2D eigenvalue weighted by molar-refractivity contribution is -0.144. The molecule has 0 radical (unpaired) electrons. The maximum Gasteiger partial charge on any atom is 0.306 e. The highest BCUT2D eigenvalue weighted by atomic mass is 16.5. The summed E-state index contributed by atoms with van der Waals surface area (Å²) in [6.07, 6.45) is 0.384. The number of esters is 1. The van der Waals surface area contributed by atoms with E-state index in [9.17, 15) is 9.59 Å². The van der Waals surface area contributed by atoms with Gasteiger partial charge in [-0.2, -0.15) is 0 Å². The first-order chi connectivity index (χ1) is 9.19. The Labute approximate surface area is 114 Å². The van der Waals surface area contributed by atoms with Gasteiger partial charge in [0.2, 0.25) is 5.91 Å². The predicted octanol–water partition coefficient (Wildman–Crippen LogP) is -0.554. The average molecular weight is 269 g/mol. The lowest BCUT2D eigenvalue weighted by Crippen LogP contribution is -2.63. The Morgan fingerprint density at radius 3 is 2.53 bits per heavy atom. The predicted molar refractivity (Wildman–Crippen MR) is 70.7 cm³/mol. The van der Waals surface area contributed by atoms with Gasteiger partial charge in [0.15, 0.2) is 0 Å². The Bertz CT molecular complexity index is 327. The van der Waals surface area contributed by atoms with Gasteiger partial charge in [-0.3, -0.25) is 19.4 Å². The molecule has 0 aromatic carbocycles. The molecular weight excluding hydrogens is 246 g/mol. The molecule has 108 valence electrons. The second kappa shape index (κ2) is 6.86. The number of piperazine rings is 3. The Hall–Kier alpha value is -1.14. The van der Waals surface area contributed by atoms with Gasteiger partial charge in [-0.1, -0.05) is 0 Å². The van der Waals surface area contributed by atoms with Crippen LogP contribution in [0.1, 0.15) is 19.8 Å². The summed E-state index contributed by atoms with van der Waals surface area (Å²) in [4.78, 5) is 27.7. The van der Waals surface area contributed by atoms with Crippen molar-refractivity contribution >= 4 is 11.9 Å². The van der Waals surface area contributed by atoms with Crippen LogP contribution in [0.3, 0.4) is 0 Å². The van der Waals surface area contributed by atoms with Gasteiger partial charge in [-0.15, -0.1) is 0 Å². The number of ether oxygens (including phenoxy) is 1. The Kier molecular flexibility index (Phi) is 5.15. The third-order valence-corrected chi connectivity index (χ3v) is 3.79. The van der Waals surface area contributed by atoms with Gasteiger partial charge in [0.25, 0.3) is 0 Å². The zero-order chi connectivity index (χ0) is 13.7. The Morgan fingerprint density at radius 1 is 1.21 bits per heavy atom. The van der Waals surface area contributed by atoms with Crippen molar-refractivity contribution in [2.45, 2.75) is 25.8 Å². The standard InChI is InChI=1S/C13H23N3O3/c1-2-19-13(18)4-3-12(17)14-9-11-10-15-5-7-16(11)8-6-15/h11H,2-10H2,1H3,(H,14,17). The molecule has 3 rings (SSSR count). The summed E-state index contributed by atoms with van der Waals surface area (Å²) in [7, 11) is 0. The number of rotatable bonds is 6. The molecule has 3 aliphatic rings. The molecule has 0 spiro atoms. The number of carbonyl (C=O) groups is 2. The minimum Gasteiger partial charge on any atom is -0.466 e. The first-order valence-electron chi connectivity index (χ1n) is 7.07. The highest BCUT2D eigenvalue weighted by Gasteiger charge is 2.31. The van der Waals surface area contributed by atoms with Gasteiger partial charge in [-0.25, -0.2) is 0 Å². The second-order valence-corrected chi connectivity index (χ2v) is 5.10. The van der Waals surface area contributed by atoms with E-state index in [4.69, 9.17) is 4.74 Å². The van der Waals surface area contributed by atoms with Crippen molar-refractivity contribution in [3.05, 3.63) is 0 Å². The van der Waals surface area contributed by atoms with Crippen molar-refractivity contribution in [1.82, 2.24) is 15.1 Å². The minimum absolute atomic E-state index is 0.0642. The highest BCUT2D eigenvalue weighted by Crippen LogP contribution is 2.14. The normalized spacial score (nSPS) is 29.0. The Morgan fingerprint density at radius 2 is 1.95 bits per heavy atom. The van der Waals surface area contributed by atoms with Crippen LogP contribution in [-0.4, -0.2) is 73.6 Å². The molecule has 6 heteroatoms. The third-order valence-electron chi connectivity index (χ3n) is 3.79. The first kappa shape index (κ1) is 14.3. The van der Waals surface area contributed by atoms with E-state index in [-0.39, 0.29) is 24.7 Å². The molecule has 1 amide bonds.